The zero-order valence-electron chi connectivity index (χ0n) is 11.3. The number of nitrogens with two attached hydrogens (primary N) is 1. The van der Waals surface area contributed by atoms with Gasteiger partial charge in [-0.1, -0.05) is 23.7 Å². The average molecular weight is 304 g/mol. The van der Waals surface area contributed by atoms with E-state index in [4.69, 9.17) is 17.3 Å². The van der Waals surface area contributed by atoms with Crippen LogP contribution in [0, 0.1) is 6.92 Å². The largest absolute Gasteiger partial charge is 0.398 e. The highest BCUT2D eigenvalue weighted by Gasteiger charge is 2.14. The quantitative estimate of drug-likeness (QED) is 0.589. The molecule has 0 aliphatic rings. The van der Waals surface area contributed by atoms with Gasteiger partial charge in [-0.3, -0.25) is 9.59 Å². The molecule has 0 heterocycles. The van der Waals surface area contributed by atoms with Crippen LogP contribution >= 0.6 is 11.6 Å². The van der Waals surface area contributed by atoms with Gasteiger partial charge >= 0.3 is 11.8 Å². The van der Waals surface area contributed by atoms with Crippen molar-refractivity contribution in [2.45, 2.75) is 6.92 Å². The fraction of sp³-hybridized carbons (Fsp3) is 0.0667. The number of benzene rings is 2. The number of hydrogen-bond acceptors (Lipinski definition) is 3. The van der Waals surface area contributed by atoms with Crippen molar-refractivity contribution < 1.29 is 9.59 Å². The van der Waals surface area contributed by atoms with Gasteiger partial charge in [0.2, 0.25) is 0 Å². The number of halogens is 1. The van der Waals surface area contributed by atoms with E-state index in [1.165, 1.54) is 6.07 Å². The van der Waals surface area contributed by atoms with Crippen LogP contribution < -0.4 is 16.4 Å². The highest BCUT2D eigenvalue weighted by atomic mass is 35.5. The predicted molar refractivity (Wildman–Crippen MR) is 84.3 cm³/mol. The number of carbonyl (C=O) groups is 2. The first-order valence-electron chi connectivity index (χ1n) is 6.20. The summed E-state index contributed by atoms with van der Waals surface area (Å²) in [6.45, 7) is 1.89. The zero-order valence-corrected chi connectivity index (χ0v) is 12.1. The van der Waals surface area contributed by atoms with Crippen LogP contribution in [0.25, 0.3) is 0 Å². The Morgan fingerprint density at radius 2 is 1.62 bits per heavy atom. The fourth-order valence-corrected chi connectivity index (χ4v) is 1.88. The summed E-state index contributed by atoms with van der Waals surface area (Å²) in [6, 6.07) is 11.8. The second-order valence-corrected chi connectivity index (χ2v) is 4.92. The molecular weight excluding hydrogens is 290 g/mol. The molecule has 2 aromatic carbocycles. The Morgan fingerprint density at radius 1 is 1.00 bits per heavy atom. The lowest BCUT2D eigenvalue weighted by molar-refractivity contribution is -0.132. The van der Waals surface area contributed by atoms with Gasteiger partial charge in [0.1, 0.15) is 0 Å². The molecule has 0 saturated heterocycles. The van der Waals surface area contributed by atoms with Crippen LogP contribution in [0.3, 0.4) is 0 Å². The molecule has 0 unspecified atom stereocenters. The summed E-state index contributed by atoms with van der Waals surface area (Å²) in [5.41, 5.74) is 7.92. The Labute approximate surface area is 127 Å². The number of rotatable bonds is 2. The maximum atomic E-state index is 11.8. The van der Waals surface area contributed by atoms with Crippen molar-refractivity contribution in [2.75, 3.05) is 16.4 Å². The van der Waals surface area contributed by atoms with E-state index in [1.54, 1.807) is 30.3 Å². The number of anilines is 3. The van der Waals surface area contributed by atoms with Crippen LogP contribution in [0.4, 0.5) is 17.1 Å². The van der Waals surface area contributed by atoms with Crippen molar-refractivity contribution in [1.29, 1.82) is 0 Å². The second kappa shape index (κ2) is 6.28. The highest BCUT2D eigenvalue weighted by molar-refractivity contribution is 6.43. The van der Waals surface area contributed by atoms with Crippen LogP contribution in [0.1, 0.15) is 5.56 Å². The van der Waals surface area contributed by atoms with Gasteiger partial charge in [-0.05, 0) is 42.8 Å². The third-order valence-electron chi connectivity index (χ3n) is 2.74. The summed E-state index contributed by atoms with van der Waals surface area (Å²) in [5.74, 6) is -1.54. The zero-order chi connectivity index (χ0) is 15.4. The molecule has 108 valence electrons. The van der Waals surface area contributed by atoms with Crippen molar-refractivity contribution in [3.63, 3.8) is 0 Å². The number of aryl methyl sites for hydroxylation is 1. The van der Waals surface area contributed by atoms with Gasteiger partial charge in [0, 0.05) is 11.4 Å². The molecule has 5 nitrogen and oxygen atoms in total. The van der Waals surface area contributed by atoms with Crippen molar-refractivity contribution in [2.24, 2.45) is 0 Å². The van der Waals surface area contributed by atoms with Gasteiger partial charge < -0.3 is 16.4 Å². The highest BCUT2D eigenvalue weighted by Crippen LogP contribution is 2.22. The lowest BCUT2D eigenvalue weighted by Gasteiger charge is -2.08. The van der Waals surface area contributed by atoms with Gasteiger partial charge in [-0.15, -0.1) is 0 Å². The van der Waals surface area contributed by atoms with E-state index in [0.29, 0.717) is 22.1 Å². The van der Waals surface area contributed by atoms with Crippen molar-refractivity contribution >= 4 is 40.5 Å². The minimum Gasteiger partial charge on any atom is -0.398 e. The van der Waals surface area contributed by atoms with Crippen molar-refractivity contribution in [1.82, 2.24) is 0 Å². The monoisotopic (exact) mass is 303 g/mol. The molecule has 21 heavy (non-hydrogen) atoms. The van der Waals surface area contributed by atoms with E-state index in [9.17, 15) is 9.59 Å². The Kier molecular flexibility index (Phi) is 4.45. The predicted octanol–water partition coefficient (Wildman–Crippen LogP) is 2.81. The number of amides is 2. The number of hydrogen-bond donors (Lipinski definition) is 3. The van der Waals surface area contributed by atoms with Gasteiger partial charge in [0.05, 0.1) is 10.7 Å². The van der Waals surface area contributed by atoms with Crippen LogP contribution in [-0.2, 0) is 9.59 Å². The summed E-state index contributed by atoms with van der Waals surface area (Å²) in [6.07, 6.45) is 0. The molecule has 2 aromatic rings. The molecule has 0 aromatic heterocycles. The van der Waals surface area contributed by atoms with Crippen molar-refractivity contribution in [3.8, 4) is 0 Å². The Bertz CT molecular complexity index is 701. The van der Waals surface area contributed by atoms with E-state index >= 15 is 0 Å². The summed E-state index contributed by atoms with van der Waals surface area (Å²) in [5, 5.41) is 5.29. The van der Waals surface area contributed by atoms with Crippen LogP contribution in [-0.4, -0.2) is 11.8 Å². The summed E-state index contributed by atoms with van der Waals surface area (Å²) in [4.78, 5) is 23.6. The van der Waals surface area contributed by atoms with E-state index in [-0.39, 0.29) is 0 Å². The van der Waals surface area contributed by atoms with E-state index in [1.807, 2.05) is 13.0 Å². The second-order valence-electron chi connectivity index (χ2n) is 4.51. The molecule has 0 aliphatic carbocycles. The lowest BCUT2D eigenvalue weighted by atomic mass is 10.2. The Morgan fingerprint density at radius 3 is 2.19 bits per heavy atom. The minimum absolute atomic E-state index is 0.312. The molecule has 0 bridgehead atoms. The smallest absolute Gasteiger partial charge is 0.314 e. The lowest BCUT2D eigenvalue weighted by Crippen LogP contribution is -2.29. The molecule has 0 aliphatic heterocycles. The first-order valence-corrected chi connectivity index (χ1v) is 6.57. The van der Waals surface area contributed by atoms with E-state index in [0.717, 1.165) is 5.56 Å². The first-order chi connectivity index (χ1) is 9.95. The third-order valence-corrected chi connectivity index (χ3v) is 3.07. The SMILES string of the molecule is Cc1cccc(NC(=O)C(=O)Nc2ccc(N)c(Cl)c2)c1. The molecule has 0 atom stereocenters. The molecule has 2 rings (SSSR count). The van der Waals surface area contributed by atoms with Gasteiger partial charge in [-0.2, -0.15) is 0 Å². The molecule has 0 saturated carbocycles. The Hall–Kier alpha value is -2.53. The Balaban J connectivity index is 2.02. The van der Waals surface area contributed by atoms with Crippen molar-refractivity contribution in [3.05, 3.63) is 53.1 Å². The van der Waals surface area contributed by atoms with Crippen LogP contribution in [0.5, 0.6) is 0 Å². The van der Waals surface area contributed by atoms with Gasteiger partial charge in [-0.25, -0.2) is 0 Å². The number of nitrogen functional groups attached to an aromatic ring is 1. The summed E-state index contributed by atoms with van der Waals surface area (Å²) in [7, 11) is 0. The van der Waals surface area contributed by atoms with Gasteiger partial charge in [0.25, 0.3) is 0 Å². The molecule has 0 spiro atoms. The maximum Gasteiger partial charge on any atom is 0.314 e. The van der Waals surface area contributed by atoms with Crippen LogP contribution in [0.15, 0.2) is 42.5 Å². The minimum atomic E-state index is -0.780. The molecule has 4 N–H and O–H groups in total. The maximum absolute atomic E-state index is 11.8. The number of nitrogens with one attached hydrogen (secondary N) is 2. The van der Waals surface area contributed by atoms with Gasteiger partial charge in [0.15, 0.2) is 0 Å². The summed E-state index contributed by atoms with van der Waals surface area (Å²) < 4.78 is 0. The third kappa shape index (κ3) is 3.97. The topological polar surface area (TPSA) is 84.2 Å². The first kappa shape index (κ1) is 14.9. The standard InChI is InChI=1S/C15H14ClN3O2/c1-9-3-2-4-10(7-9)18-14(20)15(21)19-11-5-6-13(17)12(16)8-11/h2-8H,17H2,1H3,(H,18,20)(H,19,21). The summed E-state index contributed by atoms with van der Waals surface area (Å²) >= 11 is 5.85. The molecular formula is C15H14ClN3O2. The molecule has 2 amide bonds. The molecule has 6 heteroatoms. The molecule has 0 radical (unpaired) electrons. The fourth-order valence-electron chi connectivity index (χ4n) is 1.70. The molecule has 0 fully saturated rings. The normalized spacial score (nSPS) is 10.0. The average Bonchev–Trinajstić information content (AvgIpc) is 2.43. The van der Waals surface area contributed by atoms with E-state index < -0.39 is 11.8 Å². The van der Waals surface area contributed by atoms with Crippen LogP contribution in [0.2, 0.25) is 5.02 Å². The number of carbonyl (C=O) groups excluding carboxylic acids is 2. The van der Waals surface area contributed by atoms with E-state index in [2.05, 4.69) is 10.6 Å².